The predicted octanol–water partition coefficient (Wildman–Crippen LogP) is 2.45. The van der Waals surface area contributed by atoms with E-state index < -0.39 is 0 Å². The summed E-state index contributed by atoms with van der Waals surface area (Å²) in [6, 6.07) is 8.48. The van der Waals surface area contributed by atoms with Crippen molar-refractivity contribution in [2.45, 2.75) is 24.3 Å². The van der Waals surface area contributed by atoms with E-state index in [0.29, 0.717) is 13.2 Å². The van der Waals surface area contributed by atoms with E-state index >= 15 is 0 Å². The molecular formula is C14H19NO2S. The fourth-order valence-electron chi connectivity index (χ4n) is 1.64. The van der Waals surface area contributed by atoms with Crippen molar-refractivity contribution in [1.29, 1.82) is 0 Å². The van der Waals surface area contributed by atoms with Crippen LogP contribution in [0.2, 0.25) is 0 Å². The molecule has 1 aliphatic carbocycles. The minimum absolute atomic E-state index is 0.0267. The summed E-state index contributed by atoms with van der Waals surface area (Å²) in [4.78, 5) is 12.5. The molecule has 2 rings (SSSR count). The second-order valence-electron chi connectivity index (χ2n) is 4.47. The van der Waals surface area contributed by atoms with Crippen molar-refractivity contribution in [2.24, 2.45) is 5.92 Å². The van der Waals surface area contributed by atoms with E-state index in [1.165, 1.54) is 10.5 Å². The summed E-state index contributed by atoms with van der Waals surface area (Å²) >= 11 is 1.74. The van der Waals surface area contributed by atoms with Crippen molar-refractivity contribution in [3.8, 4) is 0 Å². The molecule has 0 spiro atoms. The van der Waals surface area contributed by atoms with E-state index in [0.717, 1.165) is 19.4 Å². The Hall–Kier alpha value is -1.00. The zero-order valence-electron chi connectivity index (χ0n) is 10.6. The van der Waals surface area contributed by atoms with Crippen LogP contribution in [0.1, 0.15) is 18.4 Å². The fraction of sp³-hybridized carbons (Fsp3) is 0.500. The van der Waals surface area contributed by atoms with Gasteiger partial charge in [0.25, 0.3) is 0 Å². The first-order valence-corrected chi connectivity index (χ1v) is 7.52. The van der Waals surface area contributed by atoms with E-state index in [1.807, 2.05) is 0 Å². The number of thioether (sulfide) groups is 1. The van der Waals surface area contributed by atoms with Crippen LogP contribution in [0.3, 0.4) is 0 Å². The Balaban J connectivity index is 1.57. The number of carbonyl (C=O) groups excluding carboxylic acids is 1. The number of hydrogen-bond acceptors (Lipinski definition) is 4. The third-order valence-corrected chi connectivity index (χ3v) is 3.67. The monoisotopic (exact) mass is 265 g/mol. The summed E-state index contributed by atoms with van der Waals surface area (Å²) in [5, 5.41) is 3.27. The van der Waals surface area contributed by atoms with Crippen LogP contribution in [-0.2, 0) is 16.1 Å². The van der Waals surface area contributed by atoms with Gasteiger partial charge in [-0.25, -0.2) is 0 Å². The second kappa shape index (κ2) is 6.81. The van der Waals surface area contributed by atoms with Gasteiger partial charge in [-0.1, -0.05) is 12.1 Å². The highest BCUT2D eigenvalue weighted by Crippen LogP contribution is 2.29. The van der Waals surface area contributed by atoms with E-state index in [2.05, 4.69) is 35.8 Å². The zero-order valence-corrected chi connectivity index (χ0v) is 11.5. The molecule has 0 aliphatic heterocycles. The lowest BCUT2D eigenvalue weighted by atomic mass is 10.2. The van der Waals surface area contributed by atoms with E-state index in [1.54, 1.807) is 11.8 Å². The quantitative estimate of drug-likeness (QED) is 0.467. The predicted molar refractivity (Wildman–Crippen MR) is 73.6 cm³/mol. The van der Waals surface area contributed by atoms with E-state index in [9.17, 15) is 4.79 Å². The number of nitrogens with one attached hydrogen (secondary N) is 1. The molecule has 0 heterocycles. The zero-order chi connectivity index (χ0) is 12.8. The van der Waals surface area contributed by atoms with Gasteiger partial charge in [-0.05, 0) is 36.8 Å². The Bertz CT molecular complexity index is 387. The van der Waals surface area contributed by atoms with Crippen LogP contribution in [0.15, 0.2) is 29.2 Å². The Morgan fingerprint density at radius 1 is 1.39 bits per heavy atom. The largest absolute Gasteiger partial charge is 0.464 e. The first kappa shape index (κ1) is 13.4. The Labute approximate surface area is 112 Å². The third-order valence-electron chi connectivity index (χ3n) is 2.92. The average Bonchev–Trinajstić information content (AvgIpc) is 3.23. The van der Waals surface area contributed by atoms with Gasteiger partial charge < -0.3 is 10.1 Å². The molecule has 0 radical (unpaired) electrons. The molecule has 0 bridgehead atoms. The van der Waals surface area contributed by atoms with Gasteiger partial charge in [0.2, 0.25) is 0 Å². The summed E-state index contributed by atoms with van der Waals surface area (Å²) < 4.78 is 5.14. The Morgan fingerprint density at radius 2 is 2.11 bits per heavy atom. The molecule has 18 heavy (non-hydrogen) atoms. The van der Waals surface area contributed by atoms with Gasteiger partial charge in [-0.3, -0.25) is 4.79 Å². The van der Waals surface area contributed by atoms with Gasteiger partial charge in [0, 0.05) is 18.0 Å². The molecule has 1 aromatic carbocycles. The summed E-state index contributed by atoms with van der Waals surface area (Å²) in [6.07, 6.45) is 4.09. The molecule has 0 aromatic heterocycles. The van der Waals surface area contributed by atoms with Crippen molar-refractivity contribution < 1.29 is 9.53 Å². The number of esters is 1. The summed E-state index contributed by atoms with van der Waals surface area (Å²) in [5.74, 6) is 0.171. The number of hydrogen-bond donors (Lipinski definition) is 1. The third kappa shape index (κ3) is 4.35. The summed E-state index contributed by atoms with van der Waals surface area (Å²) in [5.41, 5.74) is 1.25. The SMILES string of the molecule is CSc1ccc(CNCCOC(=O)C2CC2)cc1. The average molecular weight is 265 g/mol. The van der Waals surface area contributed by atoms with Gasteiger partial charge in [0.15, 0.2) is 0 Å². The molecule has 1 saturated carbocycles. The van der Waals surface area contributed by atoms with Crippen LogP contribution >= 0.6 is 11.8 Å². The molecule has 1 fully saturated rings. The first-order valence-electron chi connectivity index (χ1n) is 6.30. The van der Waals surface area contributed by atoms with Crippen molar-refractivity contribution in [3.63, 3.8) is 0 Å². The highest BCUT2D eigenvalue weighted by atomic mass is 32.2. The van der Waals surface area contributed by atoms with Crippen molar-refractivity contribution in [1.82, 2.24) is 5.32 Å². The van der Waals surface area contributed by atoms with E-state index in [4.69, 9.17) is 4.74 Å². The highest BCUT2D eigenvalue weighted by Gasteiger charge is 2.30. The topological polar surface area (TPSA) is 38.3 Å². The second-order valence-corrected chi connectivity index (χ2v) is 5.35. The maximum absolute atomic E-state index is 11.3. The number of carbonyl (C=O) groups is 1. The van der Waals surface area contributed by atoms with E-state index in [-0.39, 0.29) is 11.9 Å². The van der Waals surface area contributed by atoms with Gasteiger partial charge in [0.05, 0.1) is 5.92 Å². The number of benzene rings is 1. The molecule has 98 valence electrons. The van der Waals surface area contributed by atoms with Crippen molar-refractivity contribution >= 4 is 17.7 Å². The first-order chi connectivity index (χ1) is 8.79. The molecule has 1 aromatic rings. The standard InChI is InChI=1S/C14H19NO2S/c1-18-13-6-2-11(3-7-13)10-15-8-9-17-14(16)12-4-5-12/h2-3,6-7,12,15H,4-5,8-10H2,1H3. The molecule has 0 unspecified atom stereocenters. The highest BCUT2D eigenvalue weighted by molar-refractivity contribution is 7.98. The number of ether oxygens (including phenoxy) is 1. The molecular weight excluding hydrogens is 246 g/mol. The van der Waals surface area contributed by atoms with Gasteiger partial charge in [0.1, 0.15) is 6.61 Å². The fourth-order valence-corrected chi connectivity index (χ4v) is 2.05. The molecule has 0 atom stereocenters. The maximum atomic E-state index is 11.3. The smallest absolute Gasteiger partial charge is 0.308 e. The minimum atomic E-state index is -0.0267. The summed E-state index contributed by atoms with van der Waals surface area (Å²) in [6.45, 7) is 2.00. The lowest BCUT2D eigenvalue weighted by molar-refractivity contribution is -0.145. The maximum Gasteiger partial charge on any atom is 0.308 e. The molecule has 0 saturated heterocycles. The molecule has 3 nitrogen and oxygen atoms in total. The Kier molecular flexibility index (Phi) is 5.08. The summed E-state index contributed by atoms with van der Waals surface area (Å²) in [7, 11) is 0. The van der Waals surface area contributed by atoms with Crippen molar-refractivity contribution in [2.75, 3.05) is 19.4 Å². The Morgan fingerprint density at radius 3 is 2.72 bits per heavy atom. The molecule has 1 N–H and O–H groups in total. The van der Waals surface area contributed by atoms with Gasteiger partial charge in [-0.15, -0.1) is 11.8 Å². The van der Waals surface area contributed by atoms with Gasteiger partial charge in [-0.2, -0.15) is 0 Å². The van der Waals surface area contributed by atoms with Gasteiger partial charge >= 0.3 is 5.97 Å². The molecule has 0 amide bonds. The lowest BCUT2D eigenvalue weighted by Gasteiger charge is -2.06. The van der Waals surface area contributed by atoms with Crippen LogP contribution < -0.4 is 5.32 Å². The van der Waals surface area contributed by atoms with Crippen LogP contribution in [0.25, 0.3) is 0 Å². The van der Waals surface area contributed by atoms with Crippen LogP contribution in [0.5, 0.6) is 0 Å². The van der Waals surface area contributed by atoms with Crippen LogP contribution in [0, 0.1) is 5.92 Å². The minimum Gasteiger partial charge on any atom is -0.464 e. The molecule has 4 heteroatoms. The van der Waals surface area contributed by atoms with Crippen LogP contribution in [0.4, 0.5) is 0 Å². The van der Waals surface area contributed by atoms with Crippen molar-refractivity contribution in [3.05, 3.63) is 29.8 Å². The normalized spacial score (nSPS) is 14.5. The molecule has 1 aliphatic rings. The van der Waals surface area contributed by atoms with Crippen LogP contribution in [-0.4, -0.2) is 25.4 Å². The number of rotatable bonds is 7. The lowest BCUT2D eigenvalue weighted by Crippen LogP contribution is -2.21.